The largest absolute Gasteiger partial charge is 0.473 e. The van der Waals surface area contributed by atoms with Crippen LogP contribution in [0.15, 0.2) is 85.2 Å². The first kappa shape index (κ1) is 19.6. The molecular weight excluding hydrogens is 396 g/mol. The Morgan fingerprint density at radius 1 is 0.844 bits per heavy atom. The van der Waals surface area contributed by atoms with E-state index in [0.717, 1.165) is 33.6 Å². The molecule has 3 aromatic heterocycles. The van der Waals surface area contributed by atoms with Gasteiger partial charge in [-0.2, -0.15) is 5.10 Å². The fraction of sp³-hybridized carbons (Fsp3) is 0.0370. The number of fused-ring (bicyclic) bond motifs is 1. The standard InChI is InChI=1S/C27H22N4O/c1-2-6-23(19-32-27-7-3-4-15-29-27)21(5-1)10-12-25-18-24(30-31-25)11-8-20-9-13-26-22(17-20)14-16-28-26/h1-18,28H,19H2,(H,30,31)/b11-8+,12-10+. The summed E-state index contributed by atoms with van der Waals surface area (Å²) in [5.41, 5.74) is 6.28. The van der Waals surface area contributed by atoms with Gasteiger partial charge in [0.25, 0.3) is 0 Å². The lowest BCUT2D eigenvalue weighted by atomic mass is 10.1. The molecule has 0 saturated carbocycles. The van der Waals surface area contributed by atoms with Crippen LogP contribution in [0.1, 0.15) is 28.1 Å². The normalized spacial score (nSPS) is 11.6. The van der Waals surface area contributed by atoms with Crippen molar-refractivity contribution < 1.29 is 4.74 Å². The highest BCUT2D eigenvalue weighted by Gasteiger charge is 2.02. The molecule has 0 aliphatic heterocycles. The van der Waals surface area contributed by atoms with Gasteiger partial charge in [0, 0.05) is 24.0 Å². The summed E-state index contributed by atoms with van der Waals surface area (Å²) < 4.78 is 5.81. The van der Waals surface area contributed by atoms with Gasteiger partial charge in [0.1, 0.15) is 6.61 Å². The summed E-state index contributed by atoms with van der Waals surface area (Å²) in [5.74, 6) is 0.618. The van der Waals surface area contributed by atoms with Crippen molar-refractivity contribution in [3.63, 3.8) is 0 Å². The topological polar surface area (TPSA) is 66.6 Å². The van der Waals surface area contributed by atoms with Gasteiger partial charge in [-0.05, 0) is 64.6 Å². The molecular formula is C27H22N4O. The van der Waals surface area contributed by atoms with Crippen LogP contribution < -0.4 is 4.74 Å². The second-order valence-corrected chi connectivity index (χ2v) is 7.39. The van der Waals surface area contributed by atoms with Crippen LogP contribution >= 0.6 is 0 Å². The Bertz CT molecular complexity index is 1380. The molecule has 0 spiro atoms. The third-order valence-corrected chi connectivity index (χ3v) is 5.15. The van der Waals surface area contributed by atoms with Crippen molar-refractivity contribution >= 4 is 35.2 Å². The zero-order chi connectivity index (χ0) is 21.6. The third-order valence-electron chi connectivity index (χ3n) is 5.15. The lowest BCUT2D eigenvalue weighted by molar-refractivity contribution is 0.293. The van der Waals surface area contributed by atoms with Crippen molar-refractivity contribution in [3.05, 3.63) is 113 Å². The molecule has 0 atom stereocenters. The Kier molecular flexibility index (Phi) is 5.62. The SMILES string of the molecule is C(=C\c1cc(/C=C/c2ccccc2COc2ccccn2)[nH]n1)/c1ccc2[nH]ccc2c1. The maximum absolute atomic E-state index is 5.81. The monoisotopic (exact) mass is 418 g/mol. The van der Waals surface area contributed by atoms with Crippen LogP contribution in [0.3, 0.4) is 0 Å². The van der Waals surface area contributed by atoms with Crippen LogP contribution in [0.2, 0.25) is 0 Å². The lowest BCUT2D eigenvalue weighted by Crippen LogP contribution is -1.98. The summed E-state index contributed by atoms with van der Waals surface area (Å²) in [5, 5.41) is 8.67. The molecule has 5 nitrogen and oxygen atoms in total. The fourth-order valence-corrected chi connectivity index (χ4v) is 3.47. The summed E-state index contributed by atoms with van der Waals surface area (Å²) in [4.78, 5) is 7.42. The molecule has 0 aliphatic rings. The molecule has 5 aromatic rings. The summed E-state index contributed by atoms with van der Waals surface area (Å²) >= 11 is 0. The van der Waals surface area contributed by atoms with Crippen molar-refractivity contribution in [3.8, 4) is 5.88 Å². The summed E-state index contributed by atoms with van der Waals surface area (Å²) in [7, 11) is 0. The molecule has 32 heavy (non-hydrogen) atoms. The minimum absolute atomic E-state index is 0.458. The highest BCUT2D eigenvalue weighted by atomic mass is 16.5. The first-order valence-electron chi connectivity index (χ1n) is 10.4. The molecule has 3 heterocycles. The van der Waals surface area contributed by atoms with Crippen molar-refractivity contribution in [1.29, 1.82) is 0 Å². The first-order chi connectivity index (χ1) is 15.8. The van der Waals surface area contributed by atoms with E-state index >= 15 is 0 Å². The number of hydrogen-bond acceptors (Lipinski definition) is 3. The third kappa shape index (κ3) is 4.68. The Balaban J connectivity index is 1.26. The number of nitrogens with zero attached hydrogens (tertiary/aromatic N) is 2. The zero-order valence-corrected chi connectivity index (χ0v) is 17.4. The van der Waals surface area contributed by atoms with Crippen LogP contribution in [-0.2, 0) is 6.61 Å². The van der Waals surface area contributed by atoms with Gasteiger partial charge in [-0.3, -0.25) is 5.10 Å². The summed E-state index contributed by atoms with van der Waals surface area (Å²) in [6, 6.07) is 24.2. The molecule has 5 heteroatoms. The Morgan fingerprint density at radius 2 is 1.78 bits per heavy atom. The maximum atomic E-state index is 5.81. The molecule has 2 aromatic carbocycles. The van der Waals surface area contributed by atoms with E-state index in [1.807, 2.05) is 54.7 Å². The molecule has 0 radical (unpaired) electrons. The Labute approximate surface area is 186 Å². The number of nitrogens with one attached hydrogen (secondary N) is 2. The molecule has 0 saturated heterocycles. The van der Waals surface area contributed by atoms with Crippen molar-refractivity contribution in [2.45, 2.75) is 6.61 Å². The molecule has 2 N–H and O–H groups in total. The molecule has 0 aliphatic carbocycles. The number of benzene rings is 2. The second-order valence-electron chi connectivity index (χ2n) is 7.39. The second kappa shape index (κ2) is 9.18. The van der Waals surface area contributed by atoms with E-state index in [1.54, 1.807) is 6.20 Å². The van der Waals surface area contributed by atoms with Crippen molar-refractivity contribution in [2.24, 2.45) is 0 Å². The average Bonchev–Trinajstić information content (AvgIpc) is 3.50. The number of aromatic amines is 2. The molecule has 156 valence electrons. The van der Waals surface area contributed by atoms with Crippen molar-refractivity contribution in [2.75, 3.05) is 0 Å². The number of hydrogen-bond donors (Lipinski definition) is 2. The Hall–Kier alpha value is -4.38. The Morgan fingerprint density at radius 3 is 2.72 bits per heavy atom. The van der Waals surface area contributed by atoms with Crippen LogP contribution in [0.25, 0.3) is 35.2 Å². The van der Waals surface area contributed by atoms with Gasteiger partial charge >= 0.3 is 0 Å². The van der Waals surface area contributed by atoms with E-state index in [9.17, 15) is 0 Å². The van der Waals surface area contributed by atoms with Gasteiger partial charge in [0.15, 0.2) is 0 Å². The molecule has 0 amide bonds. The van der Waals surface area contributed by atoms with Gasteiger partial charge in [-0.15, -0.1) is 0 Å². The quantitative estimate of drug-likeness (QED) is 0.330. The van der Waals surface area contributed by atoms with E-state index in [-0.39, 0.29) is 0 Å². The average molecular weight is 419 g/mol. The van der Waals surface area contributed by atoms with Crippen LogP contribution in [-0.4, -0.2) is 20.2 Å². The highest BCUT2D eigenvalue weighted by Crippen LogP contribution is 2.18. The number of ether oxygens (including phenoxy) is 1. The minimum atomic E-state index is 0.458. The summed E-state index contributed by atoms with van der Waals surface area (Å²) in [6.45, 7) is 0.458. The summed E-state index contributed by atoms with van der Waals surface area (Å²) in [6.07, 6.45) is 11.8. The van der Waals surface area contributed by atoms with Crippen LogP contribution in [0.5, 0.6) is 5.88 Å². The first-order valence-corrected chi connectivity index (χ1v) is 10.4. The van der Waals surface area contributed by atoms with Gasteiger partial charge in [0.05, 0.1) is 11.4 Å². The number of aromatic nitrogens is 4. The molecule has 5 rings (SSSR count). The number of pyridine rings is 1. The van der Waals surface area contributed by atoms with Crippen LogP contribution in [0, 0.1) is 0 Å². The zero-order valence-electron chi connectivity index (χ0n) is 17.4. The molecule has 0 unspecified atom stereocenters. The van der Waals surface area contributed by atoms with Gasteiger partial charge in [-0.1, -0.05) is 48.6 Å². The van der Waals surface area contributed by atoms with Gasteiger partial charge in [0.2, 0.25) is 5.88 Å². The molecule has 0 bridgehead atoms. The number of rotatable bonds is 7. The van der Waals surface area contributed by atoms with Crippen molar-refractivity contribution in [1.82, 2.24) is 20.2 Å². The van der Waals surface area contributed by atoms with Gasteiger partial charge < -0.3 is 9.72 Å². The van der Waals surface area contributed by atoms with E-state index < -0.39 is 0 Å². The van der Waals surface area contributed by atoms with E-state index in [2.05, 4.69) is 68.7 Å². The van der Waals surface area contributed by atoms with Gasteiger partial charge in [-0.25, -0.2) is 4.98 Å². The number of H-pyrrole nitrogens is 2. The fourth-order valence-electron chi connectivity index (χ4n) is 3.47. The lowest BCUT2D eigenvalue weighted by Gasteiger charge is -2.07. The highest BCUT2D eigenvalue weighted by molar-refractivity contribution is 5.83. The van der Waals surface area contributed by atoms with Crippen LogP contribution in [0.4, 0.5) is 0 Å². The smallest absolute Gasteiger partial charge is 0.213 e. The molecule has 0 fully saturated rings. The van der Waals surface area contributed by atoms with E-state index in [1.165, 1.54) is 5.39 Å². The predicted octanol–water partition coefficient (Wildman–Crippen LogP) is 6.21. The maximum Gasteiger partial charge on any atom is 0.213 e. The van der Waals surface area contributed by atoms with E-state index in [0.29, 0.717) is 12.5 Å². The minimum Gasteiger partial charge on any atom is -0.473 e. The predicted molar refractivity (Wildman–Crippen MR) is 130 cm³/mol. The van der Waals surface area contributed by atoms with E-state index in [4.69, 9.17) is 4.74 Å².